The van der Waals surface area contributed by atoms with Crippen molar-refractivity contribution in [3.05, 3.63) is 68.9 Å². The third kappa shape index (κ3) is 5.83. The lowest BCUT2D eigenvalue weighted by molar-refractivity contribution is -0.420. The van der Waals surface area contributed by atoms with Crippen molar-refractivity contribution in [1.82, 2.24) is 0 Å². The summed E-state index contributed by atoms with van der Waals surface area (Å²) in [5.41, 5.74) is 0.776. The Hall–Kier alpha value is -1.42. The second kappa shape index (κ2) is 9.50. The van der Waals surface area contributed by atoms with E-state index in [0.717, 1.165) is 6.42 Å². The zero-order valence-electron chi connectivity index (χ0n) is 11.6. The van der Waals surface area contributed by atoms with Gasteiger partial charge in [0.15, 0.2) is 0 Å². The Kier molecular flexibility index (Phi) is 8.79. The number of nitrogens with zero attached hydrogens (tertiary/aromatic N) is 1. The van der Waals surface area contributed by atoms with Gasteiger partial charge in [-0.05, 0) is 29.3 Å². The van der Waals surface area contributed by atoms with Crippen molar-refractivity contribution in [3.8, 4) is 0 Å². The first-order chi connectivity index (χ1) is 9.06. The van der Waals surface area contributed by atoms with E-state index in [2.05, 4.69) is 22.5 Å². The smallest absolute Gasteiger partial charge is 0.258 e. The summed E-state index contributed by atoms with van der Waals surface area (Å²) in [6, 6.07) is 0. The highest BCUT2D eigenvalue weighted by Crippen LogP contribution is 2.27. The van der Waals surface area contributed by atoms with Crippen molar-refractivity contribution < 1.29 is 4.92 Å². The molecule has 19 heavy (non-hydrogen) atoms. The van der Waals surface area contributed by atoms with Gasteiger partial charge in [-0.1, -0.05) is 50.3 Å². The standard InChI is InChI=1S/C13H14BrNO2.C2H6/c1-3-4-5-6-11-7-8-12(9-11)13(10(2)14)15(16)17;1-2/h3,5-9,11H,1,4H2,2H3;1-2H3/b6-5-,13-10-;. The van der Waals surface area contributed by atoms with Gasteiger partial charge in [-0.15, -0.1) is 6.58 Å². The van der Waals surface area contributed by atoms with Crippen LogP contribution in [0.3, 0.4) is 0 Å². The second-order valence-electron chi connectivity index (χ2n) is 3.65. The van der Waals surface area contributed by atoms with Crippen LogP contribution in [0.4, 0.5) is 0 Å². The molecule has 0 saturated heterocycles. The van der Waals surface area contributed by atoms with Crippen LogP contribution in [0.25, 0.3) is 0 Å². The summed E-state index contributed by atoms with van der Waals surface area (Å²) >= 11 is 3.17. The van der Waals surface area contributed by atoms with Gasteiger partial charge in [-0.3, -0.25) is 10.1 Å². The molecule has 0 fully saturated rings. The van der Waals surface area contributed by atoms with Crippen LogP contribution in [0, 0.1) is 16.0 Å². The molecule has 0 aromatic rings. The van der Waals surface area contributed by atoms with E-state index < -0.39 is 0 Å². The van der Waals surface area contributed by atoms with Gasteiger partial charge >= 0.3 is 0 Å². The number of halogens is 1. The van der Waals surface area contributed by atoms with E-state index in [-0.39, 0.29) is 16.5 Å². The van der Waals surface area contributed by atoms with Gasteiger partial charge in [0, 0.05) is 11.5 Å². The van der Waals surface area contributed by atoms with Crippen molar-refractivity contribution >= 4 is 15.9 Å². The van der Waals surface area contributed by atoms with Gasteiger partial charge in [-0.2, -0.15) is 0 Å². The number of hydrogen-bond donors (Lipinski definition) is 0. The molecule has 0 aliphatic heterocycles. The summed E-state index contributed by atoms with van der Waals surface area (Å²) in [5, 5.41) is 10.9. The van der Waals surface area contributed by atoms with Crippen LogP contribution in [-0.2, 0) is 0 Å². The Balaban J connectivity index is 0.00000154. The Morgan fingerprint density at radius 1 is 1.58 bits per heavy atom. The van der Waals surface area contributed by atoms with Crippen LogP contribution in [0.2, 0.25) is 0 Å². The molecule has 0 bridgehead atoms. The molecule has 1 unspecified atom stereocenters. The van der Waals surface area contributed by atoms with E-state index in [4.69, 9.17) is 0 Å². The summed E-state index contributed by atoms with van der Waals surface area (Å²) in [7, 11) is 0. The van der Waals surface area contributed by atoms with Gasteiger partial charge in [0.1, 0.15) is 0 Å². The molecule has 1 aliphatic carbocycles. The maximum absolute atomic E-state index is 10.9. The molecule has 0 radical (unpaired) electrons. The molecule has 0 aromatic heterocycles. The average molecular weight is 326 g/mol. The van der Waals surface area contributed by atoms with Crippen LogP contribution in [-0.4, -0.2) is 4.92 Å². The molecular formula is C15H20BrNO2. The van der Waals surface area contributed by atoms with E-state index in [0.29, 0.717) is 10.1 Å². The Bertz CT molecular complexity index is 441. The van der Waals surface area contributed by atoms with E-state index in [1.165, 1.54) is 0 Å². The predicted molar refractivity (Wildman–Crippen MR) is 84.6 cm³/mol. The highest BCUT2D eigenvalue weighted by Gasteiger charge is 2.21. The van der Waals surface area contributed by atoms with Crippen molar-refractivity contribution in [2.24, 2.45) is 5.92 Å². The topological polar surface area (TPSA) is 43.1 Å². The summed E-state index contributed by atoms with van der Waals surface area (Å²) in [4.78, 5) is 10.5. The first-order valence-electron chi connectivity index (χ1n) is 6.25. The molecule has 0 aromatic carbocycles. The monoisotopic (exact) mass is 325 g/mol. The molecule has 0 saturated carbocycles. The highest BCUT2D eigenvalue weighted by atomic mass is 79.9. The van der Waals surface area contributed by atoms with Gasteiger partial charge in [0.05, 0.1) is 9.41 Å². The van der Waals surface area contributed by atoms with E-state index in [1.54, 1.807) is 13.0 Å². The van der Waals surface area contributed by atoms with Gasteiger partial charge in [-0.25, -0.2) is 0 Å². The number of nitro groups is 1. The van der Waals surface area contributed by atoms with E-state index >= 15 is 0 Å². The number of allylic oxidation sites excluding steroid dienone is 7. The molecule has 0 N–H and O–H groups in total. The van der Waals surface area contributed by atoms with E-state index in [1.807, 2.05) is 44.2 Å². The Morgan fingerprint density at radius 2 is 2.21 bits per heavy atom. The van der Waals surface area contributed by atoms with Crippen LogP contribution < -0.4 is 0 Å². The molecule has 0 spiro atoms. The summed E-state index contributed by atoms with van der Waals surface area (Å²) in [6.07, 6.45) is 12.2. The second-order valence-corrected chi connectivity index (χ2v) is 4.84. The van der Waals surface area contributed by atoms with Crippen molar-refractivity contribution in [2.45, 2.75) is 27.2 Å². The van der Waals surface area contributed by atoms with Crippen LogP contribution in [0.1, 0.15) is 27.2 Å². The summed E-state index contributed by atoms with van der Waals surface area (Å²) < 4.78 is 0.536. The quantitative estimate of drug-likeness (QED) is 0.398. The Labute approximate surface area is 123 Å². The van der Waals surface area contributed by atoms with Gasteiger partial charge < -0.3 is 0 Å². The lowest BCUT2D eigenvalue weighted by atomic mass is 10.1. The highest BCUT2D eigenvalue weighted by molar-refractivity contribution is 9.11. The van der Waals surface area contributed by atoms with Crippen molar-refractivity contribution in [2.75, 3.05) is 0 Å². The zero-order chi connectivity index (χ0) is 14.8. The van der Waals surface area contributed by atoms with Crippen LogP contribution >= 0.6 is 15.9 Å². The molecular weight excluding hydrogens is 306 g/mol. The molecule has 1 rings (SSSR count). The minimum absolute atomic E-state index is 0.126. The van der Waals surface area contributed by atoms with Crippen LogP contribution in [0.5, 0.6) is 0 Å². The third-order valence-electron chi connectivity index (χ3n) is 2.31. The fourth-order valence-corrected chi connectivity index (χ4v) is 1.95. The van der Waals surface area contributed by atoms with Crippen molar-refractivity contribution in [1.29, 1.82) is 0 Å². The van der Waals surface area contributed by atoms with Crippen molar-refractivity contribution in [3.63, 3.8) is 0 Å². The normalized spacial score (nSPS) is 18.5. The Morgan fingerprint density at radius 3 is 2.68 bits per heavy atom. The predicted octanol–water partition coefficient (Wildman–Crippen LogP) is 5.16. The molecule has 0 heterocycles. The SMILES string of the molecule is C=CC/C=C\C1C=CC(/C(=C(\C)Br)[N+](=O)[O-])=C1.CC. The maximum Gasteiger partial charge on any atom is 0.286 e. The molecule has 104 valence electrons. The zero-order valence-corrected chi connectivity index (χ0v) is 13.2. The van der Waals surface area contributed by atoms with Gasteiger partial charge in [0.2, 0.25) is 0 Å². The molecule has 1 atom stereocenters. The largest absolute Gasteiger partial charge is 0.286 e. The fourth-order valence-electron chi connectivity index (χ4n) is 1.57. The lowest BCUT2D eigenvalue weighted by Gasteiger charge is -1.98. The fraction of sp³-hybridized carbons (Fsp3) is 0.333. The first kappa shape index (κ1) is 17.6. The first-order valence-corrected chi connectivity index (χ1v) is 7.04. The van der Waals surface area contributed by atoms with Gasteiger partial charge in [0.25, 0.3) is 5.70 Å². The molecule has 1 aliphatic rings. The minimum Gasteiger partial charge on any atom is -0.258 e. The number of hydrogen-bond acceptors (Lipinski definition) is 2. The summed E-state index contributed by atoms with van der Waals surface area (Å²) in [5.74, 6) is 0.131. The van der Waals surface area contributed by atoms with Crippen LogP contribution in [0.15, 0.2) is 58.8 Å². The maximum atomic E-state index is 10.9. The molecule has 4 heteroatoms. The molecule has 3 nitrogen and oxygen atoms in total. The average Bonchev–Trinajstić information content (AvgIpc) is 2.79. The molecule has 0 amide bonds. The third-order valence-corrected chi connectivity index (χ3v) is 2.69. The summed E-state index contributed by atoms with van der Waals surface area (Å²) in [6.45, 7) is 9.30. The number of rotatable bonds is 5. The van der Waals surface area contributed by atoms with E-state index in [9.17, 15) is 10.1 Å². The minimum atomic E-state index is -0.365. The lowest BCUT2D eigenvalue weighted by Crippen LogP contribution is -2.01.